The third-order valence-corrected chi connectivity index (χ3v) is 9.04. The molecular formula is C38H70O6. The highest BCUT2D eigenvalue weighted by molar-refractivity contribution is 5.90. The molecule has 258 valence electrons. The maximum Gasteiger partial charge on any atom is 0.316 e. The highest BCUT2D eigenvalue weighted by atomic mass is 16.6. The van der Waals surface area contributed by atoms with Crippen molar-refractivity contribution >= 4 is 23.9 Å². The summed E-state index contributed by atoms with van der Waals surface area (Å²) >= 11 is 0. The number of hydrogen-bond donors (Lipinski definition) is 0. The van der Waals surface area contributed by atoms with Crippen molar-refractivity contribution in [3.63, 3.8) is 0 Å². The minimum absolute atomic E-state index is 0.271. The van der Waals surface area contributed by atoms with Crippen molar-refractivity contribution in [3.05, 3.63) is 0 Å². The van der Waals surface area contributed by atoms with Gasteiger partial charge in [-0.25, -0.2) is 0 Å². The number of ether oxygens (including phenoxy) is 2. The Balaban J connectivity index is 3.90. The van der Waals surface area contributed by atoms with E-state index in [0.717, 1.165) is 50.4 Å². The molecule has 0 aliphatic carbocycles. The smallest absolute Gasteiger partial charge is 0.316 e. The van der Waals surface area contributed by atoms with Gasteiger partial charge < -0.3 is 9.47 Å². The van der Waals surface area contributed by atoms with Gasteiger partial charge in [0.15, 0.2) is 0 Å². The van der Waals surface area contributed by atoms with Crippen LogP contribution in [0.15, 0.2) is 0 Å². The van der Waals surface area contributed by atoms with Crippen molar-refractivity contribution in [2.24, 2.45) is 23.7 Å². The first-order valence-corrected chi connectivity index (χ1v) is 18.6. The molecule has 0 heterocycles. The van der Waals surface area contributed by atoms with Gasteiger partial charge in [0, 0.05) is 0 Å². The van der Waals surface area contributed by atoms with Crippen LogP contribution >= 0.6 is 0 Å². The molecule has 0 bridgehead atoms. The lowest BCUT2D eigenvalue weighted by atomic mass is 9.95. The lowest BCUT2D eigenvalue weighted by molar-refractivity contribution is -0.167. The maximum absolute atomic E-state index is 12.3. The first-order chi connectivity index (χ1) is 21.1. The molecular weight excluding hydrogens is 552 g/mol. The summed E-state index contributed by atoms with van der Waals surface area (Å²) < 4.78 is 9.88. The molecule has 0 saturated carbocycles. The van der Waals surface area contributed by atoms with Crippen LogP contribution < -0.4 is 0 Å². The second kappa shape index (κ2) is 28.7. The summed E-state index contributed by atoms with van der Waals surface area (Å²) in [6, 6.07) is 0. The minimum Gasteiger partial charge on any atom is -0.393 e. The van der Waals surface area contributed by atoms with Crippen LogP contribution in [-0.2, 0) is 28.7 Å². The summed E-state index contributed by atoms with van der Waals surface area (Å²) in [4.78, 5) is 48.7. The Kier molecular flexibility index (Phi) is 27.6. The summed E-state index contributed by atoms with van der Waals surface area (Å²) in [5.74, 6) is -1.73. The van der Waals surface area contributed by atoms with Crippen molar-refractivity contribution in [1.29, 1.82) is 0 Å². The highest BCUT2D eigenvalue weighted by Crippen LogP contribution is 2.20. The Labute approximate surface area is 271 Å². The van der Waals surface area contributed by atoms with E-state index in [1.165, 1.54) is 89.9 Å². The van der Waals surface area contributed by atoms with Crippen molar-refractivity contribution in [2.75, 3.05) is 0 Å². The van der Waals surface area contributed by atoms with Crippen LogP contribution in [0.5, 0.6) is 0 Å². The van der Waals surface area contributed by atoms with Crippen LogP contribution in [0, 0.1) is 23.7 Å². The fourth-order valence-corrected chi connectivity index (χ4v) is 5.69. The maximum atomic E-state index is 12.3. The van der Waals surface area contributed by atoms with Gasteiger partial charge in [0.05, 0.1) is 24.7 Å². The van der Waals surface area contributed by atoms with Gasteiger partial charge in [-0.2, -0.15) is 0 Å². The third-order valence-electron chi connectivity index (χ3n) is 9.04. The van der Waals surface area contributed by atoms with Crippen LogP contribution in [0.2, 0.25) is 0 Å². The molecule has 0 amide bonds. The second-order valence-electron chi connectivity index (χ2n) is 13.8. The largest absolute Gasteiger partial charge is 0.393 e. The van der Waals surface area contributed by atoms with Gasteiger partial charge >= 0.3 is 23.9 Å². The quantitative estimate of drug-likeness (QED) is 0.0468. The second-order valence-corrected chi connectivity index (χ2v) is 13.8. The predicted octanol–water partition coefficient (Wildman–Crippen LogP) is 11.1. The van der Waals surface area contributed by atoms with E-state index in [2.05, 4.69) is 27.7 Å². The van der Waals surface area contributed by atoms with E-state index in [4.69, 9.17) is 9.47 Å². The molecule has 0 aliphatic rings. The predicted molar refractivity (Wildman–Crippen MR) is 181 cm³/mol. The number of carbonyl (C=O) groups is 4. The average Bonchev–Trinajstić information content (AvgIpc) is 2.99. The van der Waals surface area contributed by atoms with E-state index in [9.17, 15) is 19.2 Å². The average molecular weight is 623 g/mol. The Morgan fingerprint density at radius 1 is 0.409 bits per heavy atom. The van der Waals surface area contributed by atoms with Crippen molar-refractivity contribution in [2.45, 2.75) is 196 Å². The lowest BCUT2D eigenvalue weighted by Gasteiger charge is -2.12. The zero-order chi connectivity index (χ0) is 33.0. The normalized spacial score (nSPS) is 14.0. The number of carbonyl (C=O) groups excluding carboxylic acids is 4. The Morgan fingerprint density at radius 2 is 0.682 bits per heavy atom. The molecule has 0 fully saturated rings. The van der Waals surface area contributed by atoms with Gasteiger partial charge in [-0.05, 0) is 24.7 Å². The number of esters is 4. The standard InChI is InChI=1S/C38H70O6/c1-7-9-11-17-23-31(3)25-19-13-15-21-27-33(5)37(41)43-35(39)29-30-36(40)44-38(42)34(6)28-22-16-14-20-26-32(4)24-18-12-10-8-2/h31-34H,7-30H2,1-6H3. The molecule has 0 saturated heterocycles. The highest BCUT2D eigenvalue weighted by Gasteiger charge is 2.21. The van der Waals surface area contributed by atoms with Gasteiger partial charge in [0.25, 0.3) is 0 Å². The van der Waals surface area contributed by atoms with E-state index in [0.29, 0.717) is 12.8 Å². The molecule has 6 heteroatoms. The van der Waals surface area contributed by atoms with Crippen LogP contribution in [-0.4, -0.2) is 23.9 Å². The Morgan fingerprint density at radius 3 is 0.977 bits per heavy atom. The lowest BCUT2D eigenvalue weighted by Crippen LogP contribution is -2.22. The number of rotatable bonds is 29. The monoisotopic (exact) mass is 623 g/mol. The fraction of sp³-hybridized carbons (Fsp3) is 0.895. The number of unbranched alkanes of at least 4 members (excludes halogenated alkanes) is 12. The van der Waals surface area contributed by atoms with Crippen molar-refractivity contribution < 1.29 is 28.7 Å². The van der Waals surface area contributed by atoms with E-state index >= 15 is 0 Å². The molecule has 0 aliphatic heterocycles. The van der Waals surface area contributed by atoms with Gasteiger partial charge in [-0.3, -0.25) is 19.2 Å². The zero-order valence-corrected chi connectivity index (χ0v) is 29.7. The zero-order valence-electron chi connectivity index (χ0n) is 29.7. The summed E-state index contributed by atoms with van der Waals surface area (Å²) in [5.41, 5.74) is 0. The van der Waals surface area contributed by atoms with Gasteiger partial charge in [-0.1, -0.05) is 170 Å². The molecule has 6 nitrogen and oxygen atoms in total. The molecule has 0 spiro atoms. The van der Waals surface area contributed by atoms with Crippen LogP contribution in [0.4, 0.5) is 0 Å². The molecule has 44 heavy (non-hydrogen) atoms. The third kappa shape index (κ3) is 25.6. The summed E-state index contributed by atoms with van der Waals surface area (Å²) in [6.45, 7) is 12.7. The van der Waals surface area contributed by atoms with E-state index in [1.807, 2.05) is 0 Å². The first kappa shape index (κ1) is 42.3. The number of hydrogen-bond acceptors (Lipinski definition) is 6. The molecule has 0 N–H and O–H groups in total. The molecule has 0 rings (SSSR count). The van der Waals surface area contributed by atoms with Gasteiger partial charge in [0.1, 0.15) is 0 Å². The SMILES string of the molecule is CCCCCCC(C)CCCCCCC(C)C(=O)OC(=O)CCC(=O)OC(=O)C(C)CCCCCCC(C)CCCCCC. The Bertz CT molecular complexity index is 686. The Hall–Kier alpha value is -1.72. The van der Waals surface area contributed by atoms with E-state index in [-0.39, 0.29) is 24.7 Å². The van der Waals surface area contributed by atoms with Crippen molar-refractivity contribution in [1.82, 2.24) is 0 Å². The first-order valence-electron chi connectivity index (χ1n) is 18.6. The minimum atomic E-state index is -0.748. The molecule has 4 atom stereocenters. The topological polar surface area (TPSA) is 86.7 Å². The van der Waals surface area contributed by atoms with Crippen LogP contribution in [0.1, 0.15) is 196 Å². The van der Waals surface area contributed by atoms with E-state index in [1.54, 1.807) is 13.8 Å². The summed E-state index contributed by atoms with van der Waals surface area (Å²) in [5, 5.41) is 0. The van der Waals surface area contributed by atoms with Gasteiger partial charge in [0.2, 0.25) is 0 Å². The fourth-order valence-electron chi connectivity index (χ4n) is 5.69. The summed E-state index contributed by atoms with van der Waals surface area (Å²) in [7, 11) is 0. The molecule has 0 radical (unpaired) electrons. The molecule has 4 unspecified atom stereocenters. The van der Waals surface area contributed by atoms with Crippen LogP contribution in [0.3, 0.4) is 0 Å². The molecule has 0 aromatic heterocycles. The molecule has 0 aromatic rings. The molecule has 0 aromatic carbocycles. The van der Waals surface area contributed by atoms with Gasteiger partial charge in [-0.15, -0.1) is 0 Å². The summed E-state index contributed by atoms with van der Waals surface area (Å²) in [6.07, 6.45) is 25.4. The van der Waals surface area contributed by atoms with E-state index < -0.39 is 23.9 Å². The van der Waals surface area contributed by atoms with Crippen LogP contribution in [0.25, 0.3) is 0 Å². The van der Waals surface area contributed by atoms with Crippen molar-refractivity contribution in [3.8, 4) is 0 Å².